The second-order valence-electron chi connectivity index (χ2n) is 4.84. The third-order valence-electron chi connectivity index (χ3n) is 3.42. The van der Waals surface area contributed by atoms with Gasteiger partial charge in [-0.25, -0.2) is 0 Å². The molecule has 0 radical (unpaired) electrons. The number of hydrogen-bond acceptors (Lipinski definition) is 1. The number of nitrogens with one attached hydrogen (secondary N) is 2. The van der Waals surface area contributed by atoms with Gasteiger partial charge >= 0.3 is 0 Å². The average Bonchev–Trinajstić information content (AvgIpc) is 2.81. The minimum Gasteiger partial charge on any atom is -0.359 e. The molecule has 1 aliphatic carbocycles. The van der Waals surface area contributed by atoms with Crippen molar-refractivity contribution in [3.8, 4) is 0 Å². The van der Waals surface area contributed by atoms with E-state index in [2.05, 4.69) is 34.9 Å². The first kappa shape index (κ1) is 12.2. The molecule has 0 atom stereocenters. The topological polar surface area (TPSA) is 24.1 Å². The van der Waals surface area contributed by atoms with Crippen molar-refractivity contribution in [3.63, 3.8) is 0 Å². The molecule has 0 amide bonds. The zero-order chi connectivity index (χ0) is 13.1. The lowest BCUT2D eigenvalue weighted by atomic mass is 10.1. The van der Waals surface area contributed by atoms with Gasteiger partial charge in [0.2, 0.25) is 0 Å². The Morgan fingerprint density at radius 1 is 0.895 bits per heavy atom. The minimum atomic E-state index is 0.404. The molecule has 2 N–H and O–H groups in total. The predicted molar refractivity (Wildman–Crippen MR) is 83.4 cm³/mol. The molecule has 3 rings (SSSR count). The quantitative estimate of drug-likeness (QED) is 0.818. The highest BCUT2D eigenvalue weighted by molar-refractivity contribution is 7.80. The summed E-state index contributed by atoms with van der Waals surface area (Å²) in [6.45, 7) is 0. The zero-order valence-electron chi connectivity index (χ0n) is 10.6. The molecule has 0 heterocycles. The van der Waals surface area contributed by atoms with Crippen LogP contribution in [0.4, 0.5) is 5.69 Å². The van der Waals surface area contributed by atoms with Crippen LogP contribution in [0.5, 0.6) is 0 Å². The van der Waals surface area contributed by atoms with E-state index in [1.54, 1.807) is 0 Å². The maximum atomic E-state index is 5.36. The average molecular weight is 268 g/mol. The second kappa shape index (κ2) is 5.41. The molecule has 0 fully saturated rings. The van der Waals surface area contributed by atoms with Crippen LogP contribution in [-0.4, -0.2) is 11.2 Å². The van der Waals surface area contributed by atoms with Crippen molar-refractivity contribution in [3.05, 3.63) is 65.7 Å². The van der Waals surface area contributed by atoms with Gasteiger partial charge in [0.25, 0.3) is 0 Å². The number of hydrogen-bond donors (Lipinski definition) is 2. The first-order chi connectivity index (χ1) is 9.31. The van der Waals surface area contributed by atoms with E-state index in [1.165, 1.54) is 11.1 Å². The van der Waals surface area contributed by atoms with E-state index in [-0.39, 0.29) is 0 Å². The molecule has 2 nitrogen and oxygen atoms in total. The smallest absolute Gasteiger partial charge is 0.171 e. The number of rotatable bonds is 2. The molecule has 0 saturated heterocycles. The molecule has 19 heavy (non-hydrogen) atoms. The van der Waals surface area contributed by atoms with Crippen LogP contribution in [0.1, 0.15) is 11.1 Å². The van der Waals surface area contributed by atoms with Crippen LogP contribution in [-0.2, 0) is 12.8 Å². The van der Waals surface area contributed by atoms with E-state index < -0.39 is 0 Å². The maximum Gasteiger partial charge on any atom is 0.171 e. The summed E-state index contributed by atoms with van der Waals surface area (Å²) in [4.78, 5) is 0. The fourth-order valence-corrected chi connectivity index (χ4v) is 2.82. The standard InChI is InChI=1S/C16H16N2S/c19-16(17-14-8-2-1-3-9-14)18-15-10-12-6-4-5-7-13(12)11-15/h1-9,15H,10-11H2,(H2,17,18,19). The van der Waals surface area contributed by atoms with Crippen LogP contribution in [0.15, 0.2) is 54.6 Å². The molecule has 0 spiro atoms. The molecule has 0 aromatic heterocycles. The SMILES string of the molecule is S=C(Nc1ccccc1)NC1Cc2ccccc2C1. The maximum absolute atomic E-state index is 5.36. The molecule has 0 unspecified atom stereocenters. The summed E-state index contributed by atoms with van der Waals surface area (Å²) >= 11 is 5.36. The Bertz CT molecular complexity index is 555. The van der Waals surface area contributed by atoms with E-state index in [1.807, 2.05) is 30.3 Å². The van der Waals surface area contributed by atoms with Gasteiger partial charge in [-0.2, -0.15) is 0 Å². The number of para-hydroxylation sites is 1. The van der Waals surface area contributed by atoms with Gasteiger partial charge in [0.1, 0.15) is 0 Å². The summed E-state index contributed by atoms with van der Waals surface area (Å²) in [5, 5.41) is 7.31. The van der Waals surface area contributed by atoms with E-state index in [0.717, 1.165) is 18.5 Å². The van der Waals surface area contributed by atoms with Crippen LogP contribution < -0.4 is 10.6 Å². The molecule has 3 heteroatoms. The fourth-order valence-electron chi connectivity index (χ4n) is 2.53. The lowest BCUT2D eigenvalue weighted by molar-refractivity contribution is 0.648. The Morgan fingerprint density at radius 2 is 1.47 bits per heavy atom. The van der Waals surface area contributed by atoms with Crippen molar-refractivity contribution in [2.45, 2.75) is 18.9 Å². The Hall–Kier alpha value is -1.87. The highest BCUT2D eigenvalue weighted by Gasteiger charge is 2.21. The Kier molecular flexibility index (Phi) is 3.47. The van der Waals surface area contributed by atoms with Crippen molar-refractivity contribution in [1.29, 1.82) is 0 Å². The third kappa shape index (κ3) is 2.93. The van der Waals surface area contributed by atoms with Crippen LogP contribution >= 0.6 is 12.2 Å². The summed E-state index contributed by atoms with van der Waals surface area (Å²) in [6, 6.07) is 19.0. The minimum absolute atomic E-state index is 0.404. The number of benzene rings is 2. The largest absolute Gasteiger partial charge is 0.359 e. The van der Waals surface area contributed by atoms with Crippen LogP contribution in [0, 0.1) is 0 Å². The first-order valence-electron chi connectivity index (χ1n) is 6.50. The highest BCUT2D eigenvalue weighted by Crippen LogP contribution is 2.21. The fraction of sp³-hybridized carbons (Fsp3) is 0.188. The number of thiocarbonyl (C=S) groups is 1. The molecule has 0 saturated carbocycles. The third-order valence-corrected chi connectivity index (χ3v) is 3.64. The summed E-state index contributed by atoms with van der Waals surface area (Å²) < 4.78 is 0. The molecular formula is C16H16N2S. The van der Waals surface area contributed by atoms with Crippen LogP contribution in [0.25, 0.3) is 0 Å². The summed E-state index contributed by atoms with van der Waals surface area (Å²) in [7, 11) is 0. The van der Waals surface area contributed by atoms with Gasteiger partial charge in [-0.1, -0.05) is 42.5 Å². The molecule has 1 aliphatic rings. The van der Waals surface area contributed by atoms with Crippen LogP contribution in [0.2, 0.25) is 0 Å². The van der Waals surface area contributed by atoms with E-state index in [0.29, 0.717) is 11.2 Å². The van der Waals surface area contributed by atoms with Crippen LogP contribution in [0.3, 0.4) is 0 Å². The van der Waals surface area contributed by atoms with Gasteiger partial charge in [0.05, 0.1) is 0 Å². The molecule has 2 aromatic rings. The predicted octanol–water partition coefficient (Wildman–Crippen LogP) is 3.14. The molecule has 2 aromatic carbocycles. The Labute approximate surface area is 118 Å². The zero-order valence-corrected chi connectivity index (χ0v) is 11.4. The number of fused-ring (bicyclic) bond motifs is 1. The lowest BCUT2D eigenvalue weighted by Gasteiger charge is -2.15. The molecule has 0 aliphatic heterocycles. The van der Waals surface area contributed by atoms with Crippen molar-refractivity contribution in [2.75, 3.05) is 5.32 Å². The van der Waals surface area contributed by atoms with Gasteiger partial charge in [0.15, 0.2) is 5.11 Å². The monoisotopic (exact) mass is 268 g/mol. The van der Waals surface area contributed by atoms with Crippen molar-refractivity contribution in [1.82, 2.24) is 5.32 Å². The van der Waals surface area contributed by atoms with Gasteiger partial charge in [-0.05, 0) is 48.3 Å². The Morgan fingerprint density at radius 3 is 2.11 bits per heavy atom. The lowest BCUT2D eigenvalue weighted by Crippen LogP contribution is -2.38. The Balaban J connectivity index is 1.58. The molecule has 0 bridgehead atoms. The normalized spacial score (nSPS) is 13.9. The van der Waals surface area contributed by atoms with E-state index in [4.69, 9.17) is 12.2 Å². The van der Waals surface area contributed by atoms with Crippen molar-refractivity contribution < 1.29 is 0 Å². The second-order valence-corrected chi connectivity index (χ2v) is 5.25. The molecule has 96 valence electrons. The van der Waals surface area contributed by atoms with E-state index in [9.17, 15) is 0 Å². The molecular weight excluding hydrogens is 252 g/mol. The summed E-state index contributed by atoms with van der Waals surface area (Å²) in [5.41, 5.74) is 3.89. The van der Waals surface area contributed by atoms with Crippen molar-refractivity contribution in [2.24, 2.45) is 0 Å². The number of anilines is 1. The van der Waals surface area contributed by atoms with Gasteiger partial charge < -0.3 is 10.6 Å². The van der Waals surface area contributed by atoms with Crippen molar-refractivity contribution >= 4 is 23.0 Å². The van der Waals surface area contributed by atoms with E-state index >= 15 is 0 Å². The summed E-state index contributed by atoms with van der Waals surface area (Å²) in [6.07, 6.45) is 2.10. The first-order valence-corrected chi connectivity index (χ1v) is 6.91. The van der Waals surface area contributed by atoms with Gasteiger partial charge in [-0.3, -0.25) is 0 Å². The van der Waals surface area contributed by atoms with Gasteiger partial charge in [0, 0.05) is 11.7 Å². The summed E-state index contributed by atoms with van der Waals surface area (Å²) in [5.74, 6) is 0. The van der Waals surface area contributed by atoms with Gasteiger partial charge in [-0.15, -0.1) is 0 Å². The highest BCUT2D eigenvalue weighted by atomic mass is 32.1.